The van der Waals surface area contributed by atoms with Crippen molar-refractivity contribution in [1.29, 1.82) is 0 Å². The summed E-state index contributed by atoms with van der Waals surface area (Å²) in [6, 6.07) is 6.82. The first-order valence-electron chi connectivity index (χ1n) is 6.61. The van der Waals surface area contributed by atoms with Crippen molar-refractivity contribution in [2.45, 2.75) is 19.1 Å². The van der Waals surface area contributed by atoms with Crippen LogP contribution in [-0.2, 0) is 16.1 Å². The van der Waals surface area contributed by atoms with Crippen molar-refractivity contribution in [3.63, 3.8) is 0 Å². The van der Waals surface area contributed by atoms with Crippen LogP contribution in [0.4, 0.5) is 13.2 Å². The van der Waals surface area contributed by atoms with Gasteiger partial charge in [-0.2, -0.15) is 13.2 Å². The van der Waals surface area contributed by atoms with E-state index in [9.17, 15) is 22.8 Å². The second-order valence-corrected chi connectivity index (χ2v) is 5.57. The highest BCUT2D eigenvalue weighted by atomic mass is 35.5. The molecule has 0 spiro atoms. The summed E-state index contributed by atoms with van der Waals surface area (Å²) in [4.78, 5) is 24.1. The molecule has 1 N–H and O–H groups in total. The van der Waals surface area contributed by atoms with Gasteiger partial charge in [0.25, 0.3) is 0 Å². The molecule has 2 amide bonds. The molecule has 0 saturated carbocycles. The topological polar surface area (TPSA) is 49.4 Å². The van der Waals surface area contributed by atoms with Gasteiger partial charge in [-0.05, 0) is 17.7 Å². The summed E-state index contributed by atoms with van der Waals surface area (Å²) < 4.78 is 36.9. The SMILES string of the molecule is O=C(NCc1ccc(Cl)cc1)[C@H]1CC(=O)N(CC(F)(F)F)C1. The third kappa shape index (κ3) is 4.62. The quantitative estimate of drug-likeness (QED) is 0.919. The van der Waals surface area contributed by atoms with Gasteiger partial charge in [0.05, 0.1) is 5.92 Å². The molecule has 1 fully saturated rings. The second-order valence-electron chi connectivity index (χ2n) is 5.13. The largest absolute Gasteiger partial charge is 0.406 e. The number of benzene rings is 1. The van der Waals surface area contributed by atoms with Gasteiger partial charge in [-0.15, -0.1) is 0 Å². The lowest BCUT2D eigenvalue weighted by molar-refractivity contribution is -0.157. The zero-order chi connectivity index (χ0) is 16.3. The van der Waals surface area contributed by atoms with Crippen LogP contribution in [0, 0.1) is 5.92 Å². The molecular weight excluding hydrogens is 321 g/mol. The highest BCUT2D eigenvalue weighted by molar-refractivity contribution is 6.30. The zero-order valence-electron chi connectivity index (χ0n) is 11.5. The van der Waals surface area contributed by atoms with E-state index < -0.39 is 30.5 Å². The molecule has 1 aliphatic rings. The molecule has 1 heterocycles. The van der Waals surface area contributed by atoms with Crippen LogP contribution in [-0.4, -0.2) is 36.0 Å². The summed E-state index contributed by atoms with van der Waals surface area (Å²) in [5.41, 5.74) is 0.814. The number of halogens is 4. The van der Waals surface area contributed by atoms with Gasteiger partial charge in [0, 0.05) is 24.5 Å². The van der Waals surface area contributed by atoms with Crippen molar-refractivity contribution < 1.29 is 22.8 Å². The monoisotopic (exact) mass is 334 g/mol. The molecule has 0 radical (unpaired) electrons. The molecule has 0 aliphatic carbocycles. The maximum Gasteiger partial charge on any atom is 0.406 e. The van der Waals surface area contributed by atoms with Gasteiger partial charge >= 0.3 is 6.18 Å². The van der Waals surface area contributed by atoms with E-state index in [4.69, 9.17) is 11.6 Å². The van der Waals surface area contributed by atoms with Gasteiger partial charge in [0.15, 0.2) is 0 Å². The fourth-order valence-corrected chi connectivity index (χ4v) is 2.38. The van der Waals surface area contributed by atoms with Crippen LogP contribution >= 0.6 is 11.6 Å². The molecule has 4 nitrogen and oxygen atoms in total. The van der Waals surface area contributed by atoms with Crippen LogP contribution in [0.1, 0.15) is 12.0 Å². The van der Waals surface area contributed by atoms with Crippen molar-refractivity contribution >= 4 is 23.4 Å². The summed E-state index contributed by atoms with van der Waals surface area (Å²) in [5, 5.41) is 3.19. The highest BCUT2D eigenvalue weighted by Crippen LogP contribution is 2.24. The van der Waals surface area contributed by atoms with Crippen LogP contribution in [0.5, 0.6) is 0 Å². The fourth-order valence-electron chi connectivity index (χ4n) is 2.25. The third-order valence-corrected chi connectivity index (χ3v) is 3.59. The smallest absolute Gasteiger partial charge is 0.352 e. The van der Waals surface area contributed by atoms with E-state index in [1.807, 2.05) is 0 Å². The van der Waals surface area contributed by atoms with Crippen molar-refractivity contribution in [1.82, 2.24) is 10.2 Å². The summed E-state index contributed by atoms with van der Waals surface area (Å²) in [6.45, 7) is -1.28. The van der Waals surface area contributed by atoms with E-state index in [0.717, 1.165) is 5.56 Å². The number of likely N-dealkylation sites (tertiary alicyclic amines) is 1. The number of amides is 2. The van der Waals surface area contributed by atoms with E-state index >= 15 is 0 Å². The Morgan fingerprint density at radius 1 is 1.32 bits per heavy atom. The first kappa shape index (κ1) is 16.6. The number of rotatable bonds is 4. The van der Waals surface area contributed by atoms with Crippen LogP contribution in [0.3, 0.4) is 0 Å². The van der Waals surface area contributed by atoms with Crippen molar-refractivity contribution in [3.8, 4) is 0 Å². The lowest BCUT2D eigenvalue weighted by Gasteiger charge is -2.18. The van der Waals surface area contributed by atoms with E-state index in [0.29, 0.717) is 9.92 Å². The van der Waals surface area contributed by atoms with Crippen molar-refractivity contribution in [3.05, 3.63) is 34.9 Å². The number of carbonyl (C=O) groups excluding carboxylic acids is 2. The van der Waals surface area contributed by atoms with Crippen LogP contribution in [0.25, 0.3) is 0 Å². The molecule has 1 aromatic carbocycles. The lowest BCUT2D eigenvalue weighted by Crippen LogP contribution is -2.37. The molecule has 120 valence electrons. The summed E-state index contributed by atoms with van der Waals surface area (Å²) in [7, 11) is 0. The summed E-state index contributed by atoms with van der Waals surface area (Å²) in [6.07, 6.45) is -4.65. The Kier molecular flexibility index (Phi) is 4.95. The van der Waals surface area contributed by atoms with Gasteiger partial charge in [-0.25, -0.2) is 0 Å². The number of hydrogen-bond acceptors (Lipinski definition) is 2. The number of nitrogens with one attached hydrogen (secondary N) is 1. The first-order valence-corrected chi connectivity index (χ1v) is 6.99. The van der Waals surface area contributed by atoms with E-state index in [-0.39, 0.29) is 19.5 Å². The lowest BCUT2D eigenvalue weighted by atomic mass is 10.1. The average Bonchev–Trinajstić information content (AvgIpc) is 2.77. The minimum atomic E-state index is -4.45. The number of carbonyl (C=O) groups is 2. The van der Waals surface area contributed by atoms with Crippen molar-refractivity contribution in [2.24, 2.45) is 5.92 Å². The Labute approximate surface area is 130 Å². The number of hydrogen-bond donors (Lipinski definition) is 1. The standard InChI is InChI=1S/C14H14ClF3N2O2/c15-11-3-1-9(2-4-11)6-19-13(22)10-5-12(21)20(7-10)8-14(16,17)18/h1-4,10H,5-8H2,(H,19,22)/t10-/m0/s1. The molecule has 22 heavy (non-hydrogen) atoms. The third-order valence-electron chi connectivity index (χ3n) is 3.34. The maximum absolute atomic E-state index is 12.3. The minimum absolute atomic E-state index is 0.192. The van der Waals surface area contributed by atoms with E-state index in [1.165, 1.54) is 0 Å². The Morgan fingerprint density at radius 3 is 2.55 bits per heavy atom. The summed E-state index contributed by atoms with van der Waals surface area (Å²) in [5.74, 6) is -1.82. The Bertz CT molecular complexity index is 560. The number of nitrogens with zero attached hydrogens (tertiary/aromatic N) is 1. The molecule has 0 unspecified atom stereocenters. The van der Waals surface area contributed by atoms with Crippen LogP contribution < -0.4 is 5.32 Å². The van der Waals surface area contributed by atoms with Gasteiger partial charge in [-0.3, -0.25) is 9.59 Å². The average molecular weight is 335 g/mol. The number of alkyl halides is 3. The Balaban J connectivity index is 1.86. The fraction of sp³-hybridized carbons (Fsp3) is 0.429. The van der Waals surface area contributed by atoms with Crippen LogP contribution in [0.15, 0.2) is 24.3 Å². The molecule has 2 rings (SSSR count). The highest BCUT2D eigenvalue weighted by Gasteiger charge is 2.40. The van der Waals surface area contributed by atoms with Gasteiger partial charge in [0.2, 0.25) is 11.8 Å². The molecule has 1 aromatic rings. The molecule has 1 atom stereocenters. The predicted molar refractivity (Wildman–Crippen MR) is 74.0 cm³/mol. The maximum atomic E-state index is 12.3. The van der Waals surface area contributed by atoms with E-state index in [1.54, 1.807) is 24.3 Å². The second kappa shape index (κ2) is 6.56. The molecular formula is C14H14ClF3N2O2. The molecule has 0 bridgehead atoms. The Morgan fingerprint density at radius 2 is 1.95 bits per heavy atom. The summed E-state index contributed by atoms with van der Waals surface area (Å²) >= 11 is 5.74. The van der Waals surface area contributed by atoms with Crippen LogP contribution in [0.2, 0.25) is 5.02 Å². The zero-order valence-corrected chi connectivity index (χ0v) is 12.2. The predicted octanol–water partition coefficient (Wildman–Crippen LogP) is 2.37. The molecule has 8 heteroatoms. The van der Waals surface area contributed by atoms with Crippen molar-refractivity contribution in [2.75, 3.05) is 13.1 Å². The molecule has 0 aromatic heterocycles. The van der Waals surface area contributed by atoms with E-state index in [2.05, 4.69) is 5.32 Å². The minimum Gasteiger partial charge on any atom is -0.352 e. The van der Waals surface area contributed by atoms with Gasteiger partial charge in [0.1, 0.15) is 6.54 Å². The Hall–Kier alpha value is -1.76. The molecule has 1 saturated heterocycles. The first-order chi connectivity index (χ1) is 10.2. The normalized spacial score (nSPS) is 18.6. The molecule has 1 aliphatic heterocycles. The van der Waals surface area contributed by atoms with Gasteiger partial charge < -0.3 is 10.2 Å². The van der Waals surface area contributed by atoms with Gasteiger partial charge in [-0.1, -0.05) is 23.7 Å².